The number of rotatable bonds is 7. The van der Waals surface area contributed by atoms with E-state index in [1.165, 1.54) is 16.9 Å². The van der Waals surface area contributed by atoms with Crippen LogP contribution in [0.15, 0.2) is 30.9 Å². The van der Waals surface area contributed by atoms with E-state index in [1.807, 2.05) is 0 Å². The zero-order valence-corrected chi connectivity index (χ0v) is 15.9. The highest BCUT2D eigenvalue weighted by molar-refractivity contribution is 5.91. The highest BCUT2D eigenvalue weighted by Gasteiger charge is 2.27. The van der Waals surface area contributed by atoms with Crippen LogP contribution in [0.3, 0.4) is 0 Å². The van der Waals surface area contributed by atoms with Crippen molar-refractivity contribution in [2.75, 3.05) is 0 Å². The summed E-state index contributed by atoms with van der Waals surface area (Å²) < 4.78 is 37.9. The Hall–Kier alpha value is -3.57. The number of amides is 2. The number of aryl methyl sites for hydroxylation is 1. The van der Waals surface area contributed by atoms with Gasteiger partial charge in [-0.2, -0.15) is 18.3 Å². The van der Waals surface area contributed by atoms with Crippen LogP contribution in [0, 0.1) is 6.92 Å². The van der Waals surface area contributed by atoms with Gasteiger partial charge >= 0.3 is 6.18 Å². The number of carbonyl (C=O) groups excluding carboxylic acids is 2. The topological polar surface area (TPSA) is 114 Å². The fourth-order valence-electron chi connectivity index (χ4n) is 2.53. The van der Waals surface area contributed by atoms with E-state index in [2.05, 4.69) is 30.7 Å². The van der Waals surface area contributed by atoms with Gasteiger partial charge in [-0.1, -0.05) is 0 Å². The summed E-state index contributed by atoms with van der Waals surface area (Å²) >= 11 is 0. The van der Waals surface area contributed by atoms with Crippen LogP contribution in [-0.4, -0.2) is 42.6 Å². The minimum atomic E-state index is -4.37. The van der Waals surface area contributed by atoms with E-state index in [-0.39, 0.29) is 18.8 Å². The molecule has 3 rings (SSSR count). The number of nitrogens with zero attached hydrogens (tertiary/aromatic N) is 5. The minimum absolute atomic E-state index is 0.0329. The SMILES string of the molecule is Cc1cncc(C(=O)NCc2cn3ncc(CNC(=O)CCC(F)(F)F)cc3n2)n1. The monoisotopic (exact) mass is 421 g/mol. The third-order valence-corrected chi connectivity index (χ3v) is 3.97. The number of carbonyl (C=O) groups is 2. The van der Waals surface area contributed by atoms with Gasteiger partial charge in [-0.3, -0.25) is 14.6 Å². The number of aromatic nitrogens is 5. The average Bonchev–Trinajstić information content (AvgIpc) is 3.10. The fraction of sp³-hybridized carbons (Fsp3) is 0.333. The lowest BCUT2D eigenvalue weighted by molar-refractivity contribution is -0.144. The average molecular weight is 421 g/mol. The Morgan fingerprint density at radius 2 is 1.90 bits per heavy atom. The molecule has 9 nitrogen and oxygen atoms in total. The maximum Gasteiger partial charge on any atom is 0.389 e. The van der Waals surface area contributed by atoms with Gasteiger partial charge in [0, 0.05) is 19.2 Å². The Labute approximate surface area is 168 Å². The van der Waals surface area contributed by atoms with E-state index in [4.69, 9.17) is 0 Å². The first-order valence-electron chi connectivity index (χ1n) is 8.93. The molecule has 3 aromatic rings. The summed E-state index contributed by atoms with van der Waals surface area (Å²) in [7, 11) is 0. The molecule has 0 spiro atoms. The van der Waals surface area contributed by atoms with Crippen molar-refractivity contribution in [3.63, 3.8) is 0 Å². The third kappa shape index (κ3) is 5.96. The summed E-state index contributed by atoms with van der Waals surface area (Å²) in [5, 5.41) is 9.26. The Morgan fingerprint density at radius 3 is 2.63 bits per heavy atom. The molecule has 2 N–H and O–H groups in total. The number of alkyl halides is 3. The molecule has 30 heavy (non-hydrogen) atoms. The van der Waals surface area contributed by atoms with E-state index >= 15 is 0 Å². The van der Waals surface area contributed by atoms with Gasteiger partial charge in [-0.05, 0) is 18.6 Å². The Kier molecular flexibility index (Phi) is 6.23. The van der Waals surface area contributed by atoms with Gasteiger partial charge in [0.1, 0.15) is 5.69 Å². The Morgan fingerprint density at radius 1 is 1.10 bits per heavy atom. The molecule has 2 amide bonds. The van der Waals surface area contributed by atoms with Crippen molar-refractivity contribution < 1.29 is 22.8 Å². The van der Waals surface area contributed by atoms with Crippen LogP contribution in [0.25, 0.3) is 5.65 Å². The number of halogens is 3. The molecule has 0 aliphatic rings. The maximum absolute atomic E-state index is 12.1. The lowest BCUT2D eigenvalue weighted by atomic mass is 10.2. The van der Waals surface area contributed by atoms with Crippen molar-refractivity contribution >= 4 is 17.5 Å². The quantitative estimate of drug-likeness (QED) is 0.601. The van der Waals surface area contributed by atoms with Gasteiger partial charge in [-0.25, -0.2) is 14.5 Å². The van der Waals surface area contributed by atoms with Gasteiger partial charge in [0.05, 0.1) is 42.9 Å². The molecule has 0 bridgehead atoms. The molecule has 3 heterocycles. The van der Waals surface area contributed by atoms with Crippen molar-refractivity contribution in [1.29, 1.82) is 0 Å². The summed E-state index contributed by atoms with van der Waals surface area (Å²) in [6, 6.07) is 1.65. The van der Waals surface area contributed by atoms with Crippen molar-refractivity contribution in [2.24, 2.45) is 0 Å². The first kappa shape index (κ1) is 21.1. The molecule has 0 atom stereocenters. The van der Waals surface area contributed by atoms with Crippen molar-refractivity contribution in [3.05, 3.63) is 53.5 Å². The van der Waals surface area contributed by atoms with Gasteiger partial charge in [0.2, 0.25) is 5.91 Å². The number of fused-ring (bicyclic) bond motifs is 1. The highest BCUT2D eigenvalue weighted by Crippen LogP contribution is 2.21. The first-order valence-corrected chi connectivity index (χ1v) is 8.93. The van der Waals surface area contributed by atoms with Crippen LogP contribution in [0.5, 0.6) is 0 Å². The lowest BCUT2D eigenvalue weighted by Gasteiger charge is -2.07. The van der Waals surface area contributed by atoms with Gasteiger partial charge in [0.25, 0.3) is 5.91 Å². The number of hydrogen-bond donors (Lipinski definition) is 2. The molecule has 0 aliphatic carbocycles. The van der Waals surface area contributed by atoms with Crippen LogP contribution in [0.1, 0.15) is 40.3 Å². The fourth-order valence-corrected chi connectivity index (χ4v) is 2.53. The zero-order chi connectivity index (χ0) is 21.7. The summed E-state index contributed by atoms with van der Waals surface area (Å²) in [4.78, 5) is 36.0. The van der Waals surface area contributed by atoms with Crippen molar-refractivity contribution in [2.45, 2.75) is 39.0 Å². The van der Waals surface area contributed by atoms with Crippen LogP contribution in [0.2, 0.25) is 0 Å². The van der Waals surface area contributed by atoms with Crippen LogP contribution >= 0.6 is 0 Å². The van der Waals surface area contributed by atoms with Crippen LogP contribution in [0.4, 0.5) is 13.2 Å². The molecule has 0 saturated heterocycles. The predicted octanol–water partition coefficient (Wildman–Crippen LogP) is 1.72. The van der Waals surface area contributed by atoms with Crippen LogP contribution in [-0.2, 0) is 17.9 Å². The summed E-state index contributed by atoms with van der Waals surface area (Å²) in [6.07, 6.45) is -0.154. The van der Waals surface area contributed by atoms with Crippen LogP contribution < -0.4 is 10.6 Å². The molecule has 0 fully saturated rings. The van der Waals surface area contributed by atoms with E-state index < -0.39 is 30.8 Å². The highest BCUT2D eigenvalue weighted by atomic mass is 19.4. The summed E-state index contributed by atoms with van der Waals surface area (Å²) in [5.74, 6) is -1.09. The van der Waals surface area contributed by atoms with Gasteiger partial charge in [0.15, 0.2) is 5.65 Å². The van der Waals surface area contributed by atoms with E-state index in [9.17, 15) is 22.8 Å². The second kappa shape index (κ2) is 8.84. The van der Waals surface area contributed by atoms with Crippen molar-refractivity contribution in [1.82, 2.24) is 35.2 Å². The normalized spacial score (nSPS) is 11.5. The van der Waals surface area contributed by atoms with Gasteiger partial charge < -0.3 is 10.6 Å². The van der Waals surface area contributed by atoms with Gasteiger partial charge in [-0.15, -0.1) is 0 Å². The second-order valence-corrected chi connectivity index (χ2v) is 6.52. The standard InChI is InChI=1S/C18H18F3N7O2/c1-11-5-22-9-14(26-11)17(30)24-8-13-10-28-15(27-13)4-12(7-25-28)6-23-16(29)2-3-18(19,20)21/h4-5,7,9-10H,2-3,6,8H2,1H3,(H,23,29)(H,24,30). The molecule has 0 aromatic carbocycles. The summed E-state index contributed by atoms with van der Waals surface area (Å²) in [5.41, 5.74) is 2.41. The molecular weight excluding hydrogens is 403 g/mol. The van der Waals surface area contributed by atoms with Crippen molar-refractivity contribution in [3.8, 4) is 0 Å². The Balaban J connectivity index is 1.56. The Bertz CT molecular complexity index is 1070. The molecule has 3 aromatic heterocycles. The molecular formula is C18H18F3N7O2. The molecule has 158 valence electrons. The third-order valence-electron chi connectivity index (χ3n) is 3.97. The number of nitrogens with one attached hydrogen (secondary N) is 2. The first-order chi connectivity index (χ1) is 14.2. The molecule has 12 heteroatoms. The molecule has 0 unspecified atom stereocenters. The largest absolute Gasteiger partial charge is 0.389 e. The van der Waals surface area contributed by atoms with E-state index in [0.717, 1.165) is 0 Å². The number of imidazole rings is 1. The minimum Gasteiger partial charge on any atom is -0.352 e. The second-order valence-electron chi connectivity index (χ2n) is 6.52. The number of hydrogen-bond acceptors (Lipinski definition) is 6. The van der Waals surface area contributed by atoms with E-state index in [0.29, 0.717) is 22.6 Å². The zero-order valence-electron chi connectivity index (χ0n) is 15.9. The van der Waals surface area contributed by atoms with E-state index in [1.54, 1.807) is 25.4 Å². The molecule has 0 radical (unpaired) electrons. The lowest BCUT2D eigenvalue weighted by Crippen LogP contribution is -2.24. The smallest absolute Gasteiger partial charge is 0.352 e. The predicted molar refractivity (Wildman–Crippen MR) is 98.1 cm³/mol. The molecule has 0 aliphatic heterocycles. The maximum atomic E-state index is 12.1. The summed E-state index contributed by atoms with van der Waals surface area (Å²) in [6.45, 7) is 1.90. The molecule has 0 saturated carbocycles.